The summed E-state index contributed by atoms with van der Waals surface area (Å²) in [5.41, 5.74) is 9.45. The first-order valence-electron chi connectivity index (χ1n) is 19.2. The van der Waals surface area contributed by atoms with Crippen LogP contribution in [0.2, 0.25) is 0 Å². The van der Waals surface area contributed by atoms with Gasteiger partial charge in [-0.25, -0.2) is 23.4 Å². The van der Waals surface area contributed by atoms with Gasteiger partial charge in [0, 0.05) is 16.7 Å². The van der Waals surface area contributed by atoms with Crippen LogP contribution >= 0.6 is 0 Å². The zero-order valence-corrected chi connectivity index (χ0v) is 32.1. The lowest BCUT2D eigenvalue weighted by molar-refractivity contribution is 0.579. The number of benzene rings is 8. The van der Waals surface area contributed by atoms with Crippen molar-refractivity contribution in [1.29, 1.82) is 0 Å². The Hall–Kier alpha value is -7.28. The van der Waals surface area contributed by atoms with Crippen LogP contribution in [0.3, 0.4) is 0 Å². The Kier molecular flexibility index (Phi) is 8.69. The van der Waals surface area contributed by atoms with E-state index in [0.29, 0.717) is 27.3 Å². The van der Waals surface area contributed by atoms with Gasteiger partial charge in [0.2, 0.25) is 9.84 Å². The topological polar surface area (TPSA) is 72.8 Å². The van der Waals surface area contributed by atoms with Gasteiger partial charge >= 0.3 is 0 Å². The van der Waals surface area contributed by atoms with Crippen LogP contribution in [0.25, 0.3) is 56.4 Å². The Balaban J connectivity index is 1.09. The molecule has 58 heavy (non-hydrogen) atoms. The zero-order valence-electron chi connectivity index (χ0n) is 31.3. The fourth-order valence-electron chi connectivity index (χ4n) is 8.32. The third-order valence-corrected chi connectivity index (χ3v) is 12.9. The summed E-state index contributed by atoms with van der Waals surface area (Å²) in [7, 11) is -3.76. The highest BCUT2D eigenvalue weighted by molar-refractivity contribution is 7.91. The van der Waals surface area contributed by atoms with Crippen LogP contribution in [-0.2, 0) is 15.3 Å². The summed E-state index contributed by atoms with van der Waals surface area (Å²) in [5.74, 6) is 1.78. The minimum atomic E-state index is -3.76. The lowest BCUT2D eigenvalue weighted by Crippen LogP contribution is -2.37. The van der Waals surface area contributed by atoms with Crippen molar-refractivity contribution in [3.8, 4) is 56.4 Å². The molecular formula is C52H35N3O2S. The lowest BCUT2D eigenvalue weighted by Gasteiger charge is -2.41. The molecule has 1 aromatic heterocycles. The summed E-state index contributed by atoms with van der Waals surface area (Å²) < 4.78 is 28.3. The molecule has 0 aliphatic carbocycles. The maximum absolute atomic E-state index is 14.1. The lowest BCUT2D eigenvalue weighted by atomic mass is 9.64. The number of hydrogen-bond acceptors (Lipinski definition) is 5. The molecule has 0 radical (unpaired) electrons. The minimum Gasteiger partial charge on any atom is -0.218 e. The van der Waals surface area contributed by atoms with Crippen molar-refractivity contribution in [1.82, 2.24) is 15.0 Å². The van der Waals surface area contributed by atoms with Gasteiger partial charge in [-0.1, -0.05) is 188 Å². The molecule has 0 bridgehead atoms. The van der Waals surface area contributed by atoms with E-state index in [1.807, 2.05) is 103 Å². The molecule has 9 aromatic rings. The molecule has 0 saturated carbocycles. The molecule has 0 unspecified atom stereocenters. The summed E-state index contributed by atoms with van der Waals surface area (Å²) in [6.45, 7) is 0. The molecule has 2 heterocycles. The Labute approximate surface area is 338 Å². The highest BCUT2D eigenvalue weighted by Crippen LogP contribution is 2.53. The average molecular weight is 766 g/mol. The van der Waals surface area contributed by atoms with Gasteiger partial charge in [-0.05, 0) is 68.8 Å². The molecule has 0 fully saturated rings. The van der Waals surface area contributed by atoms with Gasteiger partial charge in [0.15, 0.2) is 17.5 Å². The van der Waals surface area contributed by atoms with Crippen molar-refractivity contribution in [2.45, 2.75) is 15.2 Å². The number of sulfone groups is 1. The molecule has 10 rings (SSSR count). The van der Waals surface area contributed by atoms with Gasteiger partial charge in [0.05, 0.1) is 15.2 Å². The van der Waals surface area contributed by atoms with Gasteiger partial charge in [0.25, 0.3) is 0 Å². The van der Waals surface area contributed by atoms with Crippen LogP contribution in [0.15, 0.2) is 222 Å². The van der Waals surface area contributed by atoms with Gasteiger partial charge < -0.3 is 0 Å². The van der Waals surface area contributed by atoms with Crippen LogP contribution in [0, 0.1) is 0 Å². The number of fused-ring (bicyclic) bond motifs is 2. The second-order valence-corrected chi connectivity index (χ2v) is 16.3. The molecule has 0 atom stereocenters. The molecule has 1 aliphatic rings. The molecule has 6 heteroatoms. The second kappa shape index (κ2) is 14.3. The van der Waals surface area contributed by atoms with E-state index in [2.05, 4.69) is 84.9 Å². The molecule has 0 saturated heterocycles. The smallest absolute Gasteiger partial charge is 0.207 e. The van der Waals surface area contributed by atoms with E-state index in [0.717, 1.165) is 61.2 Å². The average Bonchev–Trinajstić information content (AvgIpc) is 3.30. The Morgan fingerprint density at radius 2 is 0.690 bits per heavy atom. The zero-order chi connectivity index (χ0) is 39.1. The molecule has 5 nitrogen and oxygen atoms in total. The van der Waals surface area contributed by atoms with E-state index in [4.69, 9.17) is 15.0 Å². The summed E-state index contributed by atoms with van der Waals surface area (Å²) >= 11 is 0. The van der Waals surface area contributed by atoms with Crippen LogP contribution in [-0.4, -0.2) is 23.4 Å². The molecule has 8 aromatic carbocycles. The van der Waals surface area contributed by atoms with Gasteiger partial charge in [0.1, 0.15) is 0 Å². The summed E-state index contributed by atoms with van der Waals surface area (Å²) in [6.07, 6.45) is 0. The third-order valence-electron chi connectivity index (χ3n) is 11.0. The van der Waals surface area contributed by atoms with Crippen molar-refractivity contribution in [2.75, 3.05) is 0 Å². The van der Waals surface area contributed by atoms with Crippen LogP contribution < -0.4 is 0 Å². The number of aromatic nitrogens is 3. The van der Waals surface area contributed by atoms with E-state index in [1.165, 1.54) is 0 Å². The van der Waals surface area contributed by atoms with Gasteiger partial charge in [-0.3, -0.25) is 0 Å². The molecule has 276 valence electrons. The summed E-state index contributed by atoms with van der Waals surface area (Å²) in [6, 6.07) is 70.4. The second-order valence-electron chi connectivity index (χ2n) is 14.4. The minimum absolute atomic E-state index is 0.325. The maximum atomic E-state index is 14.1. The van der Waals surface area contributed by atoms with Crippen LogP contribution in [0.1, 0.15) is 22.3 Å². The molecule has 0 amide bonds. The predicted molar refractivity (Wildman–Crippen MR) is 231 cm³/mol. The standard InChI is InChI=1S/C52H35N3O2S/c56-58(57)47-28-12-10-26-45(47)52(43-23-8-3-9-24-43,46-27-11-13-29-48(46)58)44-25-15-21-41(35-44)37-30-32-39(33-31-37)50-53-49(38-18-6-2-7-19-38)54-51(55-50)42-22-14-20-40(34-42)36-16-4-1-5-17-36/h1-35H. The third kappa shape index (κ3) is 5.94. The molecule has 1 aliphatic heterocycles. The van der Waals surface area contributed by atoms with Crippen molar-refractivity contribution in [3.63, 3.8) is 0 Å². The van der Waals surface area contributed by atoms with Crippen LogP contribution in [0.5, 0.6) is 0 Å². The fourth-order valence-corrected chi connectivity index (χ4v) is 10.1. The Bertz CT molecular complexity index is 3010. The largest absolute Gasteiger partial charge is 0.218 e. The first kappa shape index (κ1) is 35.2. The first-order valence-corrected chi connectivity index (χ1v) is 20.7. The quantitative estimate of drug-likeness (QED) is 0.162. The normalized spacial score (nSPS) is 13.6. The van der Waals surface area contributed by atoms with Crippen molar-refractivity contribution < 1.29 is 8.42 Å². The van der Waals surface area contributed by atoms with E-state index in [-0.39, 0.29) is 0 Å². The van der Waals surface area contributed by atoms with Crippen molar-refractivity contribution in [2.24, 2.45) is 0 Å². The highest BCUT2D eigenvalue weighted by Gasteiger charge is 2.48. The van der Waals surface area contributed by atoms with Gasteiger partial charge in [-0.15, -0.1) is 0 Å². The SMILES string of the molecule is O=S1(=O)c2ccccc2C(c2ccccc2)(c2cccc(-c3ccc(-c4nc(-c5ccccc5)nc(-c5cccc(-c6ccccc6)c5)n4)cc3)c2)c2ccccc21. The van der Waals surface area contributed by atoms with E-state index in [9.17, 15) is 8.42 Å². The molecular weight excluding hydrogens is 731 g/mol. The van der Waals surface area contributed by atoms with E-state index in [1.54, 1.807) is 24.3 Å². The number of hydrogen-bond donors (Lipinski definition) is 0. The summed E-state index contributed by atoms with van der Waals surface area (Å²) in [5, 5.41) is 0. The van der Waals surface area contributed by atoms with E-state index < -0.39 is 15.3 Å². The monoisotopic (exact) mass is 765 g/mol. The Morgan fingerprint density at radius 1 is 0.310 bits per heavy atom. The molecule has 0 N–H and O–H groups in total. The number of nitrogens with zero attached hydrogens (tertiary/aromatic N) is 3. The van der Waals surface area contributed by atoms with Crippen molar-refractivity contribution >= 4 is 9.84 Å². The van der Waals surface area contributed by atoms with E-state index >= 15 is 0 Å². The fraction of sp³-hybridized carbons (Fsp3) is 0.0192. The molecule has 0 spiro atoms. The maximum Gasteiger partial charge on any atom is 0.207 e. The van der Waals surface area contributed by atoms with Crippen LogP contribution in [0.4, 0.5) is 0 Å². The Morgan fingerprint density at radius 3 is 1.29 bits per heavy atom. The first-order chi connectivity index (χ1) is 28.5. The summed E-state index contributed by atoms with van der Waals surface area (Å²) in [4.78, 5) is 15.6. The highest BCUT2D eigenvalue weighted by atomic mass is 32.2. The predicted octanol–water partition coefficient (Wildman–Crippen LogP) is 11.7. The number of rotatable bonds is 7. The van der Waals surface area contributed by atoms with Crippen molar-refractivity contribution in [3.05, 3.63) is 235 Å². The van der Waals surface area contributed by atoms with Gasteiger partial charge in [-0.2, -0.15) is 0 Å².